The Morgan fingerprint density at radius 1 is 0.471 bits per heavy atom. The molecule has 0 aliphatic carbocycles. The molecule has 0 amide bonds. The second-order valence-electron chi connectivity index (χ2n) is 10.9. The van der Waals surface area contributed by atoms with Gasteiger partial charge in [-0.1, -0.05) is 136 Å². The molecule has 0 N–H and O–H groups in total. The molecule has 1 nitrogen and oxygen atoms in total. The van der Waals surface area contributed by atoms with E-state index in [2.05, 4.69) is 43.7 Å². The predicted octanol–water partition coefficient (Wildman–Crippen LogP) is 10.7. The Morgan fingerprint density at radius 3 is 1.38 bits per heavy atom. The fraction of sp³-hybridized carbons (Fsp3) is 0.848. The van der Waals surface area contributed by atoms with Crippen LogP contribution in [-0.2, 0) is 19.4 Å². The topological polar surface area (TPSA) is 3.88 Å². The van der Waals surface area contributed by atoms with Crippen LogP contribution in [0.5, 0.6) is 0 Å². The minimum absolute atomic E-state index is 1.23. The lowest BCUT2D eigenvalue weighted by Crippen LogP contribution is -2.39. The standard InChI is InChI=1S/C33H62N/c1-4-7-10-13-16-18-21-24-29-33-32(27-23-20-15-12-9-6-3)28-26-31-34(33)30-25-22-19-17-14-11-8-5-2/h26,28,31H,4-25,27,29-30H2,1-3H3/q+1. The molecule has 1 aromatic rings. The number of rotatable bonds is 25. The largest absolute Gasteiger partial charge is 0.202 e. The van der Waals surface area contributed by atoms with E-state index in [-0.39, 0.29) is 0 Å². The molecule has 198 valence electrons. The van der Waals surface area contributed by atoms with Gasteiger partial charge in [0, 0.05) is 24.5 Å². The van der Waals surface area contributed by atoms with Crippen LogP contribution in [0.25, 0.3) is 0 Å². The maximum absolute atomic E-state index is 2.64. The van der Waals surface area contributed by atoms with Gasteiger partial charge < -0.3 is 0 Å². The number of hydrogen-bond acceptors (Lipinski definition) is 0. The highest BCUT2D eigenvalue weighted by Crippen LogP contribution is 2.16. The van der Waals surface area contributed by atoms with Crippen molar-refractivity contribution in [2.75, 3.05) is 0 Å². The number of hydrogen-bond donors (Lipinski definition) is 0. The molecule has 1 aromatic heterocycles. The molecule has 0 unspecified atom stereocenters. The van der Waals surface area contributed by atoms with Gasteiger partial charge in [0.15, 0.2) is 11.9 Å². The van der Waals surface area contributed by atoms with Crippen LogP contribution in [-0.4, -0.2) is 0 Å². The maximum Gasteiger partial charge on any atom is 0.184 e. The molecular formula is C33H62N+. The normalized spacial score (nSPS) is 11.4. The summed E-state index contributed by atoms with van der Waals surface area (Å²) in [5.74, 6) is 0. The zero-order valence-electron chi connectivity index (χ0n) is 23.9. The molecule has 1 heterocycles. The SMILES string of the molecule is CCCCCCCCCCc1c(CCCCCCCC)ccc[n+]1CCCCCCCCCC. The van der Waals surface area contributed by atoms with Crippen molar-refractivity contribution in [1.29, 1.82) is 0 Å². The summed E-state index contributed by atoms with van der Waals surface area (Å²) in [5.41, 5.74) is 3.32. The second-order valence-corrected chi connectivity index (χ2v) is 10.9. The van der Waals surface area contributed by atoms with Crippen LogP contribution in [0.15, 0.2) is 18.3 Å². The highest BCUT2D eigenvalue weighted by Gasteiger charge is 2.15. The van der Waals surface area contributed by atoms with E-state index in [9.17, 15) is 0 Å². The molecule has 0 aliphatic rings. The number of nitrogens with zero attached hydrogens (tertiary/aromatic N) is 1. The highest BCUT2D eigenvalue weighted by atomic mass is 15.0. The van der Waals surface area contributed by atoms with Crippen LogP contribution in [0.1, 0.15) is 173 Å². The molecule has 0 atom stereocenters. The van der Waals surface area contributed by atoms with Crippen molar-refractivity contribution in [3.63, 3.8) is 0 Å². The zero-order chi connectivity index (χ0) is 24.5. The minimum atomic E-state index is 1.23. The van der Waals surface area contributed by atoms with Gasteiger partial charge in [-0.3, -0.25) is 0 Å². The van der Waals surface area contributed by atoms with Crippen molar-refractivity contribution < 1.29 is 4.57 Å². The van der Waals surface area contributed by atoms with Gasteiger partial charge in [0.05, 0.1) is 0 Å². The van der Waals surface area contributed by atoms with Crippen molar-refractivity contribution in [3.8, 4) is 0 Å². The van der Waals surface area contributed by atoms with E-state index in [4.69, 9.17) is 0 Å². The first-order valence-corrected chi connectivity index (χ1v) is 15.8. The summed E-state index contributed by atoms with van der Waals surface area (Å²) in [7, 11) is 0. The fourth-order valence-corrected chi connectivity index (χ4v) is 5.31. The van der Waals surface area contributed by atoms with Crippen LogP contribution in [0.2, 0.25) is 0 Å². The van der Waals surface area contributed by atoms with Gasteiger partial charge in [0.25, 0.3) is 0 Å². The molecule has 0 aliphatic heterocycles. The first-order valence-electron chi connectivity index (χ1n) is 15.8. The Bertz CT molecular complexity index is 549. The summed E-state index contributed by atoms with van der Waals surface area (Å²) < 4.78 is 2.64. The van der Waals surface area contributed by atoms with Gasteiger partial charge >= 0.3 is 0 Å². The molecule has 0 saturated carbocycles. The van der Waals surface area contributed by atoms with E-state index < -0.39 is 0 Å². The van der Waals surface area contributed by atoms with Crippen molar-refractivity contribution >= 4 is 0 Å². The lowest BCUT2D eigenvalue weighted by molar-refractivity contribution is -0.705. The van der Waals surface area contributed by atoms with Crippen molar-refractivity contribution in [1.82, 2.24) is 0 Å². The Labute approximate surface area is 215 Å². The first kappa shape index (κ1) is 31.2. The quantitative estimate of drug-likeness (QED) is 0.0983. The van der Waals surface area contributed by atoms with E-state index in [0.717, 1.165) is 0 Å². The number of unbranched alkanes of at least 4 members (excludes halogenated alkanes) is 19. The van der Waals surface area contributed by atoms with Gasteiger partial charge in [0.2, 0.25) is 0 Å². The van der Waals surface area contributed by atoms with Gasteiger partial charge in [-0.25, -0.2) is 4.57 Å². The summed E-state index contributed by atoms with van der Waals surface area (Å²) in [5, 5.41) is 0. The average Bonchev–Trinajstić information content (AvgIpc) is 2.85. The van der Waals surface area contributed by atoms with Crippen LogP contribution in [0.4, 0.5) is 0 Å². The molecule has 0 aromatic carbocycles. The average molecular weight is 473 g/mol. The van der Waals surface area contributed by atoms with Crippen molar-refractivity contribution in [2.45, 2.75) is 181 Å². The zero-order valence-corrected chi connectivity index (χ0v) is 23.9. The molecule has 0 fully saturated rings. The maximum atomic E-state index is 2.64. The molecule has 0 saturated heterocycles. The lowest BCUT2D eigenvalue weighted by atomic mass is 9.99. The van der Waals surface area contributed by atoms with Crippen LogP contribution < -0.4 is 4.57 Å². The summed E-state index contributed by atoms with van der Waals surface area (Å²) in [4.78, 5) is 0. The van der Waals surface area contributed by atoms with Gasteiger partial charge in [-0.15, -0.1) is 0 Å². The predicted molar refractivity (Wildman–Crippen MR) is 153 cm³/mol. The lowest BCUT2D eigenvalue weighted by Gasteiger charge is -2.10. The van der Waals surface area contributed by atoms with Crippen LogP contribution in [0.3, 0.4) is 0 Å². The minimum Gasteiger partial charge on any atom is -0.202 e. The van der Waals surface area contributed by atoms with E-state index in [0.29, 0.717) is 0 Å². The van der Waals surface area contributed by atoms with E-state index >= 15 is 0 Å². The van der Waals surface area contributed by atoms with Gasteiger partial charge in [0.1, 0.15) is 6.54 Å². The molecule has 0 radical (unpaired) electrons. The van der Waals surface area contributed by atoms with E-state index in [1.807, 2.05) is 0 Å². The molecule has 1 heteroatoms. The molecule has 0 bridgehead atoms. The Kier molecular flexibility index (Phi) is 21.9. The van der Waals surface area contributed by atoms with Crippen LogP contribution in [0, 0.1) is 0 Å². The van der Waals surface area contributed by atoms with E-state index in [1.165, 1.54) is 161 Å². The number of aryl methyl sites for hydroxylation is 2. The van der Waals surface area contributed by atoms with Crippen molar-refractivity contribution in [2.24, 2.45) is 0 Å². The number of pyridine rings is 1. The Morgan fingerprint density at radius 2 is 0.882 bits per heavy atom. The molecule has 34 heavy (non-hydrogen) atoms. The molecule has 1 rings (SSSR count). The second kappa shape index (κ2) is 23.9. The molecule has 0 spiro atoms. The number of aromatic nitrogens is 1. The summed E-state index contributed by atoms with van der Waals surface area (Å²) >= 11 is 0. The summed E-state index contributed by atoms with van der Waals surface area (Å²) in [6, 6.07) is 4.77. The van der Waals surface area contributed by atoms with E-state index in [1.54, 1.807) is 11.3 Å². The first-order chi connectivity index (χ1) is 16.8. The summed E-state index contributed by atoms with van der Waals surface area (Å²) in [6.07, 6.45) is 35.9. The van der Waals surface area contributed by atoms with Gasteiger partial charge in [-0.2, -0.15) is 0 Å². The third kappa shape index (κ3) is 16.7. The van der Waals surface area contributed by atoms with Crippen molar-refractivity contribution in [3.05, 3.63) is 29.6 Å². The third-order valence-corrected chi connectivity index (χ3v) is 7.60. The monoisotopic (exact) mass is 472 g/mol. The highest BCUT2D eigenvalue weighted by molar-refractivity contribution is 5.16. The van der Waals surface area contributed by atoms with Gasteiger partial charge in [-0.05, 0) is 31.7 Å². The smallest absolute Gasteiger partial charge is 0.184 e. The molecular weight excluding hydrogens is 410 g/mol. The Hall–Kier alpha value is -0.850. The fourth-order valence-electron chi connectivity index (χ4n) is 5.31. The Balaban J connectivity index is 2.48. The van der Waals surface area contributed by atoms with Crippen LogP contribution >= 0.6 is 0 Å². The summed E-state index contributed by atoms with van der Waals surface area (Å²) in [6.45, 7) is 8.16. The third-order valence-electron chi connectivity index (χ3n) is 7.60.